The first-order chi connectivity index (χ1) is 12.4. The number of hydrogen-bond acceptors (Lipinski definition) is 2. The van der Waals surface area contributed by atoms with Crippen LogP contribution in [0.2, 0.25) is 0 Å². The molecule has 3 nitrogen and oxygen atoms in total. The lowest BCUT2D eigenvalue weighted by molar-refractivity contribution is 0.0911. The fraction of sp³-hybridized carbons (Fsp3) is 0.238. The molecule has 2 aromatic carbocycles. The van der Waals surface area contributed by atoms with Crippen molar-refractivity contribution in [3.8, 4) is 16.9 Å². The van der Waals surface area contributed by atoms with Crippen LogP contribution in [0.4, 0.5) is 4.39 Å². The number of ketones is 1. The van der Waals surface area contributed by atoms with Crippen LogP contribution in [0.3, 0.4) is 0 Å². The minimum atomic E-state index is -0.306. The lowest BCUT2D eigenvalue weighted by Gasteiger charge is -2.33. The molecule has 4 rings (SSSR count). The largest absolute Gasteiger partial charge is 0.294 e. The maximum atomic E-state index is 13.4. The SMILES string of the molecule is CC1(C)CC(=O)c2c(nn(-c3ccccc3)c2-c2ccc(F)cc2)C1Br. The summed E-state index contributed by atoms with van der Waals surface area (Å²) in [5.41, 5.74) is 3.51. The second kappa shape index (κ2) is 6.16. The van der Waals surface area contributed by atoms with Crippen molar-refractivity contribution in [3.63, 3.8) is 0 Å². The molecule has 1 heterocycles. The van der Waals surface area contributed by atoms with E-state index < -0.39 is 0 Å². The molecular weight excluding hydrogens is 395 g/mol. The highest BCUT2D eigenvalue weighted by Gasteiger charge is 2.43. The quantitative estimate of drug-likeness (QED) is 0.503. The van der Waals surface area contributed by atoms with E-state index in [1.807, 2.05) is 30.3 Å². The van der Waals surface area contributed by atoms with Crippen molar-refractivity contribution in [1.82, 2.24) is 9.78 Å². The molecule has 0 saturated carbocycles. The Hall–Kier alpha value is -2.27. The van der Waals surface area contributed by atoms with Crippen LogP contribution in [0.25, 0.3) is 16.9 Å². The number of rotatable bonds is 2. The summed E-state index contributed by atoms with van der Waals surface area (Å²) in [5, 5.41) is 4.80. The number of carbonyl (C=O) groups is 1. The monoisotopic (exact) mass is 412 g/mol. The molecule has 0 bridgehead atoms. The molecule has 0 aliphatic heterocycles. The van der Waals surface area contributed by atoms with Gasteiger partial charge in [-0.3, -0.25) is 4.79 Å². The van der Waals surface area contributed by atoms with Gasteiger partial charge in [0.1, 0.15) is 5.82 Å². The minimum absolute atomic E-state index is 0.0353. The van der Waals surface area contributed by atoms with Gasteiger partial charge in [0.2, 0.25) is 0 Å². The maximum Gasteiger partial charge on any atom is 0.167 e. The van der Waals surface area contributed by atoms with E-state index >= 15 is 0 Å². The number of para-hydroxylation sites is 1. The van der Waals surface area contributed by atoms with Gasteiger partial charge in [0, 0.05) is 12.0 Å². The fourth-order valence-electron chi connectivity index (χ4n) is 3.48. The summed E-state index contributed by atoms with van der Waals surface area (Å²) < 4.78 is 15.2. The first-order valence-corrected chi connectivity index (χ1v) is 9.41. The van der Waals surface area contributed by atoms with Crippen LogP contribution in [0, 0.1) is 11.2 Å². The van der Waals surface area contributed by atoms with E-state index in [1.54, 1.807) is 16.8 Å². The van der Waals surface area contributed by atoms with Crippen molar-refractivity contribution in [2.24, 2.45) is 5.41 Å². The summed E-state index contributed by atoms with van der Waals surface area (Å²) in [4.78, 5) is 13.0. The number of benzene rings is 2. The van der Waals surface area contributed by atoms with Gasteiger partial charge in [-0.25, -0.2) is 9.07 Å². The molecule has 0 radical (unpaired) electrons. The average Bonchev–Trinajstić information content (AvgIpc) is 3.02. The highest BCUT2D eigenvalue weighted by atomic mass is 79.9. The number of Topliss-reactive ketones (excluding diaryl/α,β-unsaturated/α-hetero) is 1. The van der Waals surface area contributed by atoms with Crippen molar-refractivity contribution >= 4 is 21.7 Å². The van der Waals surface area contributed by atoms with Crippen molar-refractivity contribution in [1.29, 1.82) is 0 Å². The topological polar surface area (TPSA) is 34.9 Å². The zero-order valence-corrected chi connectivity index (χ0v) is 16.1. The molecule has 0 spiro atoms. The molecule has 3 aromatic rings. The molecular formula is C21H18BrFN2O. The summed E-state index contributed by atoms with van der Waals surface area (Å²) in [7, 11) is 0. The van der Waals surface area contributed by atoms with Crippen molar-refractivity contribution in [2.75, 3.05) is 0 Å². The zero-order valence-electron chi connectivity index (χ0n) is 14.5. The Morgan fingerprint density at radius 3 is 2.42 bits per heavy atom. The number of nitrogens with zero attached hydrogens (tertiary/aromatic N) is 2. The van der Waals surface area contributed by atoms with E-state index in [4.69, 9.17) is 5.10 Å². The number of aromatic nitrogens is 2. The normalized spacial score (nSPS) is 18.6. The van der Waals surface area contributed by atoms with E-state index in [0.717, 1.165) is 22.6 Å². The minimum Gasteiger partial charge on any atom is -0.294 e. The van der Waals surface area contributed by atoms with Gasteiger partial charge in [0.25, 0.3) is 0 Å². The molecule has 132 valence electrons. The Morgan fingerprint density at radius 2 is 1.77 bits per heavy atom. The summed E-state index contributed by atoms with van der Waals surface area (Å²) in [6, 6.07) is 15.9. The van der Waals surface area contributed by atoms with E-state index in [9.17, 15) is 9.18 Å². The summed E-state index contributed by atoms with van der Waals surface area (Å²) in [5.74, 6) is -0.235. The molecule has 0 amide bonds. The van der Waals surface area contributed by atoms with Gasteiger partial charge in [-0.1, -0.05) is 48.0 Å². The molecule has 0 N–H and O–H groups in total. The molecule has 1 unspecified atom stereocenters. The Balaban J connectivity index is 2.02. The van der Waals surface area contributed by atoms with Crippen LogP contribution in [-0.2, 0) is 0 Å². The molecule has 5 heteroatoms. The van der Waals surface area contributed by atoms with Crippen LogP contribution < -0.4 is 0 Å². The highest BCUT2D eigenvalue weighted by molar-refractivity contribution is 9.09. The van der Waals surface area contributed by atoms with Crippen LogP contribution in [0.5, 0.6) is 0 Å². The van der Waals surface area contributed by atoms with Crippen molar-refractivity contribution in [2.45, 2.75) is 25.1 Å². The smallest absolute Gasteiger partial charge is 0.167 e. The van der Waals surface area contributed by atoms with E-state index in [0.29, 0.717) is 12.0 Å². The third-order valence-electron chi connectivity index (χ3n) is 4.85. The average molecular weight is 413 g/mol. The van der Waals surface area contributed by atoms with Gasteiger partial charge in [0.05, 0.1) is 27.5 Å². The van der Waals surface area contributed by atoms with Gasteiger partial charge in [0.15, 0.2) is 5.78 Å². The van der Waals surface area contributed by atoms with Gasteiger partial charge in [-0.2, -0.15) is 5.10 Å². The Bertz CT molecular complexity index is 977. The first kappa shape index (κ1) is 17.2. The van der Waals surface area contributed by atoms with Crippen LogP contribution in [0.15, 0.2) is 54.6 Å². The number of hydrogen-bond donors (Lipinski definition) is 0. The lowest BCUT2D eigenvalue weighted by Crippen LogP contribution is -2.28. The predicted molar refractivity (Wildman–Crippen MR) is 103 cm³/mol. The number of carbonyl (C=O) groups excluding carboxylic acids is 1. The Kier molecular flexibility index (Phi) is 4.07. The maximum absolute atomic E-state index is 13.4. The van der Waals surface area contributed by atoms with E-state index in [1.165, 1.54) is 12.1 Å². The van der Waals surface area contributed by atoms with Crippen LogP contribution in [0.1, 0.15) is 41.1 Å². The molecule has 1 aromatic heterocycles. The third-order valence-corrected chi connectivity index (χ3v) is 6.53. The zero-order chi connectivity index (χ0) is 18.5. The first-order valence-electron chi connectivity index (χ1n) is 8.50. The summed E-state index contributed by atoms with van der Waals surface area (Å²) in [6.07, 6.45) is 0.435. The number of alkyl halides is 1. The molecule has 0 saturated heterocycles. The van der Waals surface area contributed by atoms with Gasteiger partial charge < -0.3 is 0 Å². The molecule has 1 atom stereocenters. The Labute approximate surface area is 160 Å². The van der Waals surface area contributed by atoms with E-state index in [2.05, 4.69) is 29.8 Å². The molecule has 26 heavy (non-hydrogen) atoms. The van der Waals surface area contributed by atoms with Gasteiger partial charge in [-0.15, -0.1) is 0 Å². The van der Waals surface area contributed by atoms with Crippen LogP contribution >= 0.6 is 15.9 Å². The third kappa shape index (κ3) is 2.71. The van der Waals surface area contributed by atoms with Gasteiger partial charge >= 0.3 is 0 Å². The lowest BCUT2D eigenvalue weighted by atomic mass is 9.75. The second-order valence-electron chi connectivity index (χ2n) is 7.31. The fourth-order valence-corrected chi connectivity index (χ4v) is 3.96. The molecule has 1 aliphatic carbocycles. The van der Waals surface area contributed by atoms with Crippen LogP contribution in [-0.4, -0.2) is 15.6 Å². The second-order valence-corrected chi connectivity index (χ2v) is 8.23. The van der Waals surface area contributed by atoms with Crippen molar-refractivity contribution < 1.29 is 9.18 Å². The predicted octanol–water partition coefficient (Wildman–Crippen LogP) is 5.73. The van der Waals surface area contributed by atoms with Gasteiger partial charge in [-0.05, 0) is 41.8 Å². The standard InChI is InChI=1S/C21H18BrFN2O/c1-21(2)12-16(26)17-18(20(21)22)24-25(15-6-4-3-5-7-15)19(17)13-8-10-14(23)11-9-13/h3-11,20H,12H2,1-2H3. The molecule has 1 aliphatic rings. The van der Waals surface area contributed by atoms with E-state index in [-0.39, 0.29) is 21.8 Å². The number of fused-ring (bicyclic) bond motifs is 1. The Morgan fingerprint density at radius 1 is 1.12 bits per heavy atom. The number of halogens is 2. The summed E-state index contributed by atoms with van der Waals surface area (Å²) >= 11 is 3.75. The molecule has 0 fully saturated rings. The highest BCUT2D eigenvalue weighted by Crippen LogP contribution is 2.50. The van der Waals surface area contributed by atoms with Crippen molar-refractivity contribution in [3.05, 3.63) is 71.7 Å². The summed E-state index contributed by atoms with van der Waals surface area (Å²) in [6.45, 7) is 4.12.